The molecule has 0 bridgehead atoms. The largest absolute Gasteiger partial charge is 0.465 e. The molecule has 0 aliphatic carbocycles. The Balaban J connectivity index is 1.80. The molecule has 9 nitrogen and oxygen atoms in total. The summed E-state index contributed by atoms with van der Waals surface area (Å²) in [5, 5.41) is 8.08. The summed E-state index contributed by atoms with van der Waals surface area (Å²) in [5.74, 6) is -1.33. The number of carbonyl (C=O) groups excluding carboxylic acids is 4. The van der Waals surface area contributed by atoms with Crippen LogP contribution < -0.4 is 16.0 Å². The first kappa shape index (κ1) is 27.4. The monoisotopic (exact) mass is 483 g/mol. The van der Waals surface area contributed by atoms with Crippen LogP contribution in [0.3, 0.4) is 0 Å². The predicted molar refractivity (Wildman–Crippen MR) is 131 cm³/mol. The van der Waals surface area contributed by atoms with Gasteiger partial charge in [-0.15, -0.1) is 0 Å². The highest BCUT2D eigenvalue weighted by molar-refractivity contribution is 5.96. The van der Waals surface area contributed by atoms with Crippen LogP contribution in [-0.4, -0.2) is 43.1 Å². The van der Waals surface area contributed by atoms with Crippen molar-refractivity contribution in [3.63, 3.8) is 0 Å². The van der Waals surface area contributed by atoms with Crippen molar-refractivity contribution in [3.8, 4) is 0 Å². The van der Waals surface area contributed by atoms with Gasteiger partial charge in [-0.3, -0.25) is 14.4 Å². The maximum Gasteiger partial charge on any atom is 0.408 e. The number of nitrogens with one attached hydrogen (secondary N) is 3. The number of hydrogen-bond donors (Lipinski definition) is 3. The summed E-state index contributed by atoms with van der Waals surface area (Å²) >= 11 is 0. The topological polar surface area (TPSA) is 123 Å². The van der Waals surface area contributed by atoms with Gasteiger partial charge in [-0.05, 0) is 43.4 Å². The number of esters is 1. The number of rotatable bonds is 14. The first-order valence-electron chi connectivity index (χ1n) is 11.7. The van der Waals surface area contributed by atoms with Gasteiger partial charge in [0, 0.05) is 12.2 Å². The van der Waals surface area contributed by atoms with Gasteiger partial charge in [0.1, 0.15) is 19.1 Å². The summed E-state index contributed by atoms with van der Waals surface area (Å²) in [6, 6.07) is 17.4. The number of amides is 3. The Kier molecular flexibility index (Phi) is 12.4. The van der Waals surface area contributed by atoms with Gasteiger partial charge < -0.3 is 25.4 Å². The minimum atomic E-state index is -0.821. The van der Waals surface area contributed by atoms with Crippen molar-refractivity contribution < 1.29 is 28.7 Å². The van der Waals surface area contributed by atoms with Crippen LogP contribution >= 0.6 is 0 Å². The molecule has 2 aromatic rings. The highest BCUT2D eigenvalue weighted by Crippen LogP contribution is 2.09. The predicted octanol–water partition coefficient (Wildman–Crippen LogP) is 3.55. The van der Waals surface area contributed by atoms with E-state index in [2.05, 4.69) is 16.0 Å². The van der Waals surface area contributed by atoms with Gasteiger partial charge >= 0.3 is 12.1 Å². The van der Waals surface area contributed by atoms with Crippen LogP contribution in [0, 0.1) is 0 Å². The fourth-order valence-corrected chi connectivity index (χ4v) is 3.09. The molecule has 0 heterocycles. The van der Waals surface area contributed by atoms with Gasteiger partial charge in [0.05, 0.1) is 6.61 Å². The average molecular weight is 484 g/mol. The fourth-order valence-electron chi connectivity index (χ4n) is 3.09. The van der Waals surface area contributed by atoms with Crippen LogP contribution in [0.2, 0.25) is 0 Å². The molecule has 35 heavy (non-hydrogen) atoms. The molecule has 2 aromatic carbocycles. The van der Waals surface area contributed by atoms with Crippen molar-refractivity contribution in [3.05, 3.63) is 66.2 Å². The third-order valence-electron chi connectivity index (χ3n) is 4.88. The lowest BCUT2D eigenvalue weighted by molar-refractivity contribution is -0.146. The summed E-state index contributed by atoms with van der Waals surface area (Å²) in [4.78, 5) is 48.4. The second-order valence-electron chi connectivity index (χ2n) is 7.86. The average Bonchev–Trinajstić information content (AvgIpc) is 2.86. The molecular formula is C26H33N3O6. The molecule has 188 valence electrons. The van der Waals surface area contributed by atoms with E-state index in [4.69, 9.17) is 9.47 Å². The van der Waals surface area contributed by atoms with E-state index in [1.165, 1.54) is 0 Å². The Morgan fingerprint density at radius 1 is 0.886 bits per heavy atom. The van der Waals surface area contributed by atoms with Crippen LogP contribution in [0.15, 0.2) is 60.7 Å². The molecule has 3 amide bonds. The molecule has 0 radical (unpaired) electrons. The zero-order chi connectivity index (χ0) is 25.3. The number of alkyl carbamates (subject to hydrolysis) is 1. The maximum absolute atomic E-state index is 12.8. The molecule has 0 aliphatic rings. The van der Waals surface area contributed by atoms with Gasteiger partial charge in [0.15, 0.2) is 0 Å². The molecule has 9 heteroatoms. The summed E-state index contributed by atoms with van der Waals surface area (Å²) < 4.78 is 10.1. The molecule has 0 aliphatic heterocycles. The third-order valence-corrected chi connectivity index (χ3v) is 4.88. The van der Waals surface area contributed by atoms with Crippen molar-refractivity contribution in [2.75, 3.05) is 18.5 Å². The summed E-state index contributed by atoms with van der Waals surface area (Å²) in [5.41, 5.74) is 1.45. The second kappa shape index (κ2) is 15.9. The van der Waals surface area contributed by atoms with Crippen molar-refractivity contribution in [1.29, 1.82) is 0 Å². The lowest BCUT2D eigenvalue weighted by atomic mass is 10.1. The molecule has 0 unspecified atom stereocenters. The Morgan fingerprint density at radius 2 is 1.57 bits per heavy atom. The number of carbonyl (C=O) groups is 4. The molecule has 0 saturated carbocycles. The van der Waals surface area contributed by atoms with Gasteiger partial charge in [0.25, 0.3) is 0 Å². The lowest BCUT2D eigenvalue weighted by Crippen LogP contribution is -2.44. The van der Waals surface area contributed by atoms with E-state index in [1.807, 2.05) is 43.3 Å². The third kappa shape index (κ3) is 11.7. The molecule has 0 aromatic heterocycles. The van der Waals surface area contributed by atoms with Gasteiger partial charge in [0.2, 0.25) is 11.8 Å². The van der Waals surface area contributed by atoms with Crippen LogP contribution in [0.5, 0.6) is 0 Å². The van der Waals surface area contributed by atoms with Crippen molar-refractivity contribution in [2.45, 2.75) is 51.7 Å². The van der Waals surface area contributed by atoms with E-state index in [9.17, 15) is 19.2 Å². The molecule has 0 saturated heterocycles. The number of ether oxygens (including phenoxy) is 2. The molecule has 1 atom stereocenters. The van der Waals surface area contributed by atoms with Gasteiger partial charge in [-0.2, -0.15) is 0 Å². The first-order chi connectivity index (χ1) is 17.0. The fraction of sp³-hybridized carbons (Fsp3) is 0.385. The number of hydrogen-bond acceptors (Lipinski definition) is 6. The Hall–Kier alpha value is -3.88. The standard InChI is InChI=1S/C26H33N3O6/c1-2-17-34-24(31)18-23(30)27-16-10-9-15-22(25(32)28-21-13-7-4-8-14-21)29-26(33)35-19-20-11-5-3-6-12-20/h3-8,11-14,22H,2,9-10,15-19H2,1H3,(H,27,30)(H,28,32)(H,29,33)/t22-/m0/s1. The normalized spacial score (nSPS) is 11.1. The van der Waals surface area contributed by atoms with Crippen molar-refractivity contribution in [2.24, 2.45) is 0 Å². The Bertz CT molecular complexity index is 937. The maximum atomic E-state index is 12.8. The molecule has 0 spiro atoms. The number of benzene rings is 2. The Morgan fingerprint density at radius 3 is 2.26 bits per heavy atom. The van der Waals surface area contributed by atoms with Crippen LogP contribution in [0.25, 0.3) is 0 Å². The number of unbranched alkanes of at least 4 members (excludes halogenated alkanes) is 1. The molecule has 3 N–H and O–H groups in total. The smallest absolute Gasteiger partial charge is 0.408 e. The summed E-state index contributed by atoms with van der Waals surface area (Å²) in [6.07, 6.45) is 1.13. The van der Waals surface area contributed by atoms with Crippen molar-refractivity contribution >= 4 is 29.6 Å². The van der Waals surface area contributed by atoms with E-state index in [0.717, 1.165) is 5.56 Å². The summed E-state index contributed by atoms with van der Waals surface area (Å²) in [6.45, 7) is 2.59. The SMILES string of the molecule is CCCOC(=O)CC(=O)NCCCC[C@H](NC(=O)OCc1ccccc1)C(=O)Nc1ccccc1. The second-order valence-corrected chi connectivity index (χ2v) is 7.86. The lowest BCUT2D eigenvalue weighted by Gasteiger charge is -2.18. The van der Waals surface area contributed by atoms with E-state index in [1.54, 1.807) is 24.3 Å². The van der Waals surface area contributed by atoms with Crippen LogP contribution in [0.4, 0.5) is 10.5 Å². The highest BCUT2D eigenvalue weighted by Gasteiger charge is 2.21. The van der Waals surface area contributed by atoms with Gasteiger partial charge in [-0.25, -0.2) is 4.79 Å². The zero-order valence-corrected chi connectivity index (χ0v) is 20.0. The number of para-hydroxylation sites is 1. The van der Waals surface area contributed by atoms with Gasteiger partial charge in [-0.1, -0.05) is 55.5 Å². The minimum absolute atomic E-state index is 0.0897. The Labute approximate surface area is 205 Å². The van der Waals surface area contributed by atoms with Crippen molar-refractivity contribution in [1.82, 2.24) is 10.6 Å². The quantitative estimate of drug-likeness (QED) is 0.215. The minimum Gasteiger partial charge on any atom is -0.465 e. The molecule has 0 fully saturated rings. The highest BCUT2D eigenvalue weighted by atomic mass is 16.5. The number of anilines is 1. The van der Waals surface area contributed by atoms with E-state index < -0.39 is 24.0 Å². The van der Waals surface area contributed by atoms with Crippen LogP contribution in [0.1, 0.15) is 44.6 Å². The van der Waals surface area contributed by atoms with E-state index >= 15 is 0 Å². The van der Waals surface area contributed by atoms with E-state index in [-0.39, 0.29) is 18.9 Å². The first-order valence-corrected chi connectivity index (χ1v) is 11.7. The summed E-state index contributed by atoms with van der Waals surface area (Å²) in [7, 11) is 0. The molecular weight excluding hydrogens is 450 g/mol. The zero-order valence-electron chi connectivity index (χ0n) is 20.0. The van der Waals surface area contributed by atoms with E-state index in [0.29, 0.717) is 44.5 Å². The molecule has 2 rings (SSSR count). The van der Waals surface area contributed by atoms with Crippen LogP contribution in [-0.2, 0) is 30.5 Å².